The average molecular weight is 469 g/mol. The monoisotopic (exact) mass is 467 g/mol. The fourth-order valence-corrected chi connectivity index (χ4v) is 3.75. The molecule has 0 saturated carbocycles. The Morgan fingerprint density at radius 2 is 2.07 bits per heavy atom. The van der Waals surface area contributed by atoms with Crippen LogP contribution in [-0.2, 0) is 0 Å². The summed E-state index contributed by atoms with van der Waals surface area (Å²) in [5.74, 6) is 0.750. The van der Waals surface area contributed by atoms with Crippen LogP contribution in [0.25, 0.3) is 5.70 Å². The van der Waals surface area contributed by atoms with E-state index in [0.29, 0.717) is 41.8 Å². The lowest BCUT2D eigenvalue weighted by Gasteiger charge is -2.41. The number of pyridine rings is 1. The fraction of sp³-hybridized carbons (Fsp3) is 0.238. The topological polar surface area (TPSA) is 57.8 Å². The van der Waals surface area contributed by atoms with Crippen molar-refractivity contribution in [1.29, 1.82) is 0 Å². The number of nitrogens with zero attached hydrogens (tertiary/aromatic N) is 4. The largest absolute Gasteiger partial charge is 0.398 e. The van der Waals surface area contributed by atoms with Gasteiger partial charge in [-0.2, -0.15) is 0 Å². The van der Waals surface area contributed by atoms with Crippen molar-refractivity contribution in [2.45, 2.75) is 13.0 Å². The van der Waals surface area contributed by atoms with E-state index in [1.165, 1.54) is 12.1 Å². The predicted octanol–water partition coefficient (Wildman–Crippen LogP) is 5.15. The molecule has 2 heterocycles. The van der Waals surface area contributed by atoms with Crippen molar-refractivity contribution in [1.82, 2.24) is 9.88 Å². The molecule has 158 valence electrons. The Morgan fingerprint density at radius 3 is 2.70 bits per heavy atom. The Bertz CT molecular complexity index is 1010. The van der Waals surface area contributed by atoms with Crippen molar-refractivity contribution < 1.29 is 4.39 Å². The summed E-state index contributed by atoms with van der Waals surface area (Å²) in [5, 5.41) is 0.765. The van der Waals surface area contributed by atoms with Crippen LogP contribution in [0.2, 0.25) is 10.0 Å². The van der Waals surface area contributed by atoms with Gasteiger partial charge in [-0.3, -0.25) is 0 Å². The van der Waals surface area contributed by atoms with E-state index in [-0.39, 0.29) is 16.2 Å². The fourth-order valence-electron chi connectivity index (χ4n) is 3.30. The number of hydrogen-bond acceptors (Lipinski definition) is 4. The molecule has 0 radical (unpaired) electrons. The van der Waals surface area contributed by atoms with Gasteiger partial charge in [0.05, 0.1) is 10.0 Å². The summed E-state index contributed by atoms with van der Waals surface area (Å²) in [5.41, 5.74) is 7.05. The van der Waals surface area contributed by atoms with Gasteiger partial charge in [0.25, 0.3) is 0 Å². The second-order valence-corrected chi connectivity index (χ2v) is 8.12. The zero-order valence-electron chi connectivity index (χ0n) is 16.3. The third-order valence-corrected chi connectivity index (χ3v) is 5.42. The highest BCUT2D eigenvalue weighted by molar-refractivity contribution is 6.33. The average Bonchev–Trinajstić information content (AvgIpc) is 2.69. The third kappa shape index (κ3) is 5.25. The van der Waals surface area contributed by atoms with Crippen LogP contribution in [0.3, 0.4) is 0 Å². The summed E-state index contributed by atoms with van der Waals surface area (Å²) in [4.78, 5) is 12.9. The number of hydrogen-bond donors (Lipinski definition) is 1. The maximum Gasteiger partial charge on any atom is 0.147 e. The lowest BCUT2D eigenvalue weighted by atomic mass is 10.1. The normalized spacial score (nSPS) is 18.0. The lowest BCUT2D eigenvalue weighted by Crippen LogP contribution is -2.54. The minimum atomic E-state index is -0.542. The van der Waals surface area contributed by atoms with Crippen molar-refractivity contribution in [3.63, 3.8) is 0 Å². The van der Waals surface area contributed by atoms with E-state index in [4.69, 9.17) is 40.5 Å². The number of rotatable bonds is 4. The van der Waals surface area contributed by atoms with Gasteiger partial charge in [-0.15, -0.1) is 0 Å². The Labute approximate surface area is 190 Å². The standard InChI is InChI=1S/C21H21Cl3FN5/c1-13-12-29(21-17(24)4-3-7-27-21)8-9-30(13)20(28-14(2)22)11-19(26)15-5-6-16(23)18(25)10-15/h3-7,10-11,13H,2,8-9,12,26H2,1H3/b19-11-,28-20?/t13-/m0/s1. The smallest absolute Gasteiger partial charge is 0.147 e. The molecule has 0 unspecified atom stereocenters. The first-order valence-corrected chi connectivity index (χ1v) is 10.4. The highest BCUT2D eigenvalue weighted by Gasteiger charge is 2.27. The molecule has 0 bridgehead atoms. The number of aromatic nitrogens is 1. The molecule has 0 amide bonds. The molecule has 1 aliphatic heterocycles. The van der Waals surface area contributed by atoms with Crippen molar-refractivity contribution >= 4 is 52.2 Å². The van der Waals surface area contributed by atoms with Gasteiger partial charge in [0.2, 0.25) is 0 Å². The maximum absolute atomic E-state index is 13.8. The van der Waals surface area contributed by atoms with E-state index in [1.807, 2.05) is 6.07 Å². The number of piperazine rings is 1. The van der Waals surface area contributed by atoms with E-state index >= 15 is 0 Å². The van der Waals surface area contributed by atoms with Gasteiger partial charge in [0.1, 0.15) is 22.6 Å². The Morgan fingerprint density at radius 1 is 1.30 bits per heavy atom. The number of anilines is 1. The summed E-state index contributed by atoms with van der Waals surface area (Å²) in [6.07, 6.45) is 3.38. The molecular formula is C21H21Cl3FN5. The van der Waals surface area contributed by atoms with E-state index in [0.717, 1.165) is 5.82 Å². The number of amidine groups is 1. The van der Waals surface area contributed by atoms with Crippen LogP contribution < -0.4 is 10.6 Å². The SMILES string of the molecule is C=C(Cl)N=C(/C=C(\N)c1ccc(Cl)c(F)c1)N1CCN(c2ncccc2Cl)C[C@@H]1C. The zero-order chi connectivity index (χ0) is 21.8. The molecule has 2 aromatic rings. The van der Waals surface area contributed by atoms with Crippen LogP contribution in [0.15, 0.2) is 59.3 Å². The van der Waals surface area contributed by atoms with Gasteiger partial charge in [0.15, 0.2) is 0 Å². The third-order valence-electron chi connectivity index (χ3n) is 4.73. The van der Waals surface area contributed by atoms with Crippen LogP contribution in [0.4, 0.5) is 10.2 Å². The minimum Gasteiger partial charge on any atom is -0.398 e. The minimum absolute atomic E-state index is 0.0347. The quantitative estimate of drug-likeness (QED) is 0.383. The molecular weight excluding hydrogens is 448 g/mol. The van der Waals surface area contributed by atoms with E-state index in [2.05, 4.69) is 33.3 Å². The van der Waals surface area contributed by atoms with Gasteiger partial charge < -0.3 is 15.5 Å². The molecule has 30 heavy (non-hydrogen) atoms. The first-order chi connectivity index (χ1) is 14.3. The molecule has 9 heteroatoms. The van der Waals surface area contributed by atoms with E-state index < -0.39 is 5.82 Å². The Kier molecular flexibility index (Phi) is 7.23. The van der Waals surface area contributed by atoms with E-state index in [9.17, 15) is 4.39 Å². The van der Waals surface area contributed by atoms with Gasteiger partial charge in [0, 0.05) is 49.2 Å². The maximum atomic E-state index is 13.8. The molecule has 2 N–H and O–H groups in total. The lowest BCUT2D eigenvalue weighted by molar-refractivity contribution is 0.298. The van der Waals surface area contributed by atoms with Gasteiger partial charge in [-0.1, -0.05) is 47.4 Å². The van der Waals surface area contributed by atoms with Crippen LogP contribution >= 0.6 is 34.8 Å². The molecule has 0 aliphatic carbocycles. The second kappa shape index (κ2) is 9.69. The summed E-state index contributed by atoms with van der Waals surface area (Å²) in [7, 11) is 0. The molecule has 0 spiro atoms. The second-order valence-electron chi connectivity index (χ2n) is 6.87. The van der Waals surface area contributed by atoms with Crippen LogP contribution in [0.5, 0.6) is 0 Å². The number of halogens is 4. The first kappa shape index (κ1) is 22.4. The Hall–Kier alpha value is -2.28. The van der Waals surface area contributed by atoms with E-state index in [1.54, 1.807) is 24.4 Å². The molecule has 1 aliphatic rings. The molecule has 1 fully saturated rings. The van der Waals surface area contributed by atoms with Crippen molar-refractivity contribution in [2.75, 3.05) is 24.5 Å². The molecule has 1 saturated heterocycles. The summed E-state index contributed by atoms with van der Waals surface area (Å²) < 4.78 is 13.8. The first-order valence-electron chi connectivity index (χ1n) is 9.24. The molecule has 1 atom stereocenters. The molecule has 5 nitrogen and oxygen atoms in total. The summed E-state index contributed by atoms with van der Waals surface area (Å²) >= 11 is 18.0. The number of benzene rings is 1. The van der Waals surface area contributed by atoms with Gasteiger partial charge >= 0.3 is 0 Å². The van der Waals surface area contributed by atoms with Crippen molar-refractivity contribution in [3.8, 4) is 0 Å². The summed E-state index contributed by atoms with van der Waals surface area (Å²) in [6.45, 7) is 7.71. The highest BCUT2D eigenvalue weighted by atomic mass is 35.5. The van der Waals surface area contributed by atoms with Crippen molar-refractivity contribution in [3.05, 3.63) is 75.8 Å². The number of aliphatic imine (C=N–C) groups is 1. The van der Waals surface area contributed by atoms with Crippen LogP contribution in [0, 0.1) is 5.82 Å². The van der Waals surface area contributed by atoms with Crippen LogP contribution in [-0.4, -0.2) is 41.4 Å². The van der Waals surface area contributed by atoms with Gasteiger partial charge in [-0.25, -0.2) is 14.4 Å². The van der Waals surface area contributed by atoms with Crippen molar-refractivity contribution in [2.24, 2.45) is 10.7 Å². The van der Waals surface area contributed by atoms with Crippen LogP contribution in [0.1, 0.15) is 12.5 Å². The molecule has 1 aromatic heterocycles. The summed E-state index contributed by atoms with van der Waals surface area (Å²) in [6, 6.07) is 8.07. The van der Waals surface area contributed by atoms with Gasteiger partial charge in [-0.05, 0) is 31.2 Å². The Balaban J connectivity index is 1.85. The predicted molar refractivity (Wildman–Crippen MR) is 124 cm³/mol. The number of nitrogens with two attached hydrogens (primary N) is 1. The molecule has 3 rings (SSSR count). The molecule has 1 aromatic carbocycles. The zero-order valence-corrected chi connectivity index (χ0v) is 18.6. The highest BCUT2D eigenvalue weighted by Crippen LogP contribution is 2.26.